The summed E-state index contributed by atoms with van der Waals surface area (Å²) in [6, 6.07) is 3.46. The first-order chi connectivity index (χ1) is 7.16. The van der Waals surface area contributed by atoms with Crippen LogP contribution in [0.15, 0.2) is 22.9 Å². The molecule has 1 aliphatic rings. The average molecular weight is 271 g/mol. The number of amides is 1. The van der Waals surface area contributed by atoms with Gasteiger partial charge in [0.25, 0.3) is 5.91 Å². The molecule has 0 aliphatic carbocycles. The van der Waals surface area contributed by atoms with Crippen LogP contribution < -0.4 is 0 Å². The number of likely N-dealkylation sites (tertiary alicyclic amines) is 1. The number of hydrogen-bond acceptors (Lipinski definition) is 3. The van der Waals surface area contributed by atoms with Crippen molar-refractivity contribution in [3.8, 4) is 0 Å². The molecule has 0 bridgehead atoms. The lowest BCUT2D eigenvalue weighted by molar-refractivity contribution is 0.0764. The molecule has 1 unspecified atom stereocenters. The Kier molecular flexibility index (Phi) is 3.02. The van der Waals surface area contributed by atoms with Crippen molar-refractivity contribution in [3.63, 3.8) is 0 Å². The van der Waals surface area contributed by atoms with E-state index in [2.05, 4.69) is 20.9 Å². The van der Waals surface area contributed by atoms with Crippen LogP contribution in [-0.2, 0) is 0 Å². The summed E-state index contributed by atoms with van der Waals surface area (Å²) in [7, 11) is 0. The quantitative estimate of drug-likeness (QED) is 0.777. The number of carbonyl (C=O) groups is 1. The number of aromatic nitrogens is 1. The molecule has 15 heavy (non-hydrogen) atoms. The van der Waals surface area contributed by atoms with E-state index in [0.717, 1.165) is 0 Å². The molecule has 1 N–H and O–H groups in total. The molecule has 0 radical (unpaired) electrons. The highest BCUT2D eigenvalue weighted by molar-refractivity contribution is 9.10. The molecule has 0 spiro atoms. The number of hydrogen-bond donors (Lipinski definition) is 1. The van der Waals surface area contributed by atoms with Crippen molar-refractivity contribution in [1.29, 1.82) is 0 Å². The molecule has 1 fully saturated rings. The van der Waals surface area contributed by atoms with E-state index >= 15 is 0 Å². The van der Waals surface area contributed by atoms with Crippen LogP contribution >= 0.6 is 15.9 Å². The van der Waals surface area contributed by atoms with E-state index in [9.17, 15) is 9.90 Å². The predicted molar refractivity (Wildman–Crippen MR) is 58.5 cm³/mol. The molecule has 80 valence electrons. The van der Waals surface area contributed by atoms with Gasteiger partial charge in [-0.15, -0.1) is 0 Å². The highest BCUT2D eigenvalue weighted by Crippen LogP contribution is 2.14. The third-order valence-corrected chi connectivity index (χ3v) is 2.89. The monoisotopic (exact) mass is 270 g/mol. The number of rotatable bonds is 1. The summed E-state index contributed by atoms with van der Waals surface area (Å²) in [6.07, 6.45) is 1.82. The van der Waals surface area contributed by atoms with Crippen molar-refractivity contribution in [3.05, 3.63) is 28.5 Å². The van der Waals surface area contributed by atoms with Gasteiger partial charge in [0.05, 0.1) is 11.7 Å². The summed E-state index contributed by atoms with van der Waals surface area (Å²) in [4.78, 5) is 17.5. The largest absolute Gasteiger partial charge is 0.391 e. The third-order valence-electron chi connectivity index (χ3n) is 2.42. The Bertz CT molecular complexity index is 366. The van der Waals surface area contributed by atoms with Gasteiger partial charge in [-0.1, -0.05) is 0 Å². The maximum Gasteiger partial charge on any atom is 0.255 e. The zero-order chi connectivity index (χ0) is 10.8. The molecule has 1 saturated heterocycles. The van der Waals surface area contributed by atoms with Crippen molar-refractivity contribution in [2.24, 2.45) is 0 Å². The highest BCUT2D eigenvalue weighted by atomic mass is 79.9. The van der Waals surface area contributed by atoms with Crippen molar-refractivity contribution in [2.75, 3.05) is 13.1 Å². The van der Waals surface area contributed by atoms with Crippen LogP contribution in [0.2, 0.25) is 0 Å². The van der Waals surface area contributed by atoms with Crippen LogP contribution in [0.5, 0.6) is 0 Å². The minimum atomic E-state index is -0.377. The standard InChI is InChI=1S/C10H11BrN2O2/c11-9-2-1-7(5-12-9)10(15)13-4-3-8(14)6-13/h1-2,5,8,14H,3-4,6H2. The first-order valence-electron chi connectivity index (χ1n) is 4.76. The Morgan fingerprint density at radius 1 is 1.60 bits per heavy atom. The fourth-order valence-corrected chi connectivity index (χ4v) is 1.85. The number of halogens is 1. The van der Waals surface area contributed by atoms with E-state index in [1.165, 1.54) is 6.20 Å². The highest BCUT2D eigenvalue weighted by Gasteiger charge is 2.25. The van der Waals surface area contributed by atoms with Gasteiger partial charge < -0.3 is 10.0 Å². The number of aliphatic hydroxyl groups is 1. The van der Waals surface area contributed by atoms with Crippen LogP contribution in [0.25, 0.3) is 0 Å². The SMILES string of the molecule is O=C(c1ccc(Br)nc1)N1CCC(O)C1. The molecule has 1 atom stereocenters. The van der Waals surface area contributed by atoms with Crippen LogP contribution in [0, 0.1) is 0 Å². The molecular formula is C10H11BrN2O2. The Hall–Kier alpha value is -0.940. The minimum Gasteiger partial charge on any atom is -0.391 e. The first-order valence-corrected chi connectivity index (χ1v) is 5.55. The second kappa shape index (κ2) is 4.28. The lowest BCUT2D eigenvalue weighted by Gasteiger charge is -2.14. The molecule has 4 nitrogen and oxygen atoms in total. The number of carbonyl (C=O) groups excluding carboxylic acids is 1. The summed E-state index contributed by atoms with van der Waals surface area (Å²) in [5.41, 5.74) is 0.562. The maximum atomic E-state index is 11.9. The van der Waals surface area contributed by atoms with Gasteiger partial charge in [0.15, 0.2) is 0 Å². The minimum absolute atomic E-state index is 0.0634. The lowest BCUT2D eigenvalue weighted by Crippen LogP contribution is -2.29. The molecule has 5 heteroatoms. The van der Waals surface area contributed by atoms with E-state index in [0.29, 0.717) is 29.7 Å². The molecular weight excluding hydrogens is 260 g/mol. The maximum absolute atomic E-state index is 11.9. The summed E-state index contributed by atoms with van der Waals surface area (Å²) in [5.74, 6) is -0.0634. The summed E-state index contributed by atoms with van der Waals surface area (Å²) < 4.78 is 0.709. The van der Waals surface area contributed by atoms with E-state index < -0.39 is 0 Å². The van der Waals surface area contributed by atoms with Crippen LogP contribution in [-0.4, -0.2) is 40.1 Å². The van der Waals surface area contributed by atoms with Gasteiger partial charge in [-0.25, -0.2) is 4.98 Å². The molecule has 2 rings (SSSR count). The molecule has 0 aromatic carbocycles. The van der Waals surface area contributed by atoms with Gasteiger partial charge in [-0.3, -0.25) is 4.79 Å². The average Bonchev–Trinajstić information content (AvgIpc) is 2.65. The lowest BCUT2D eigenvalue weighted by atomic mass is 10.2. The smallest absolute Gasteiger partial charge is 0.255 e. The third kappa shape index (κ3) is 2.35. The van der Waals surface area contributed by atoms with E-state index in [1.807, 2.05) is 0 Å². The first kappa shape index (κ1) is 10.6. The normalized spacial score (nSPS) is 20.7. The topological polar surface area (TPSA) is 53.4 Å². The van der Waals surface area contributed by atoms with Crippen molar-refractivity contribution in [1.82, 2.24) is 9.88 Å². The number of pyridine rings is 1. The molecule has 0 saturated carbocycles. The Balaban J connectivity index is 2.11. The van der Waals surface area contributed by atoms with E-state index in [4.69, 9.17) is 0 Å². The Morgan fingerprint density at radius 3 is 2.93 bits per heavy atom. The van der Waals surface area contributed by atoms with E-state index in [1.54, 1.807) is 17.0 Å². The number of aliphatic hydroxyl groups excluding tert-OH is 1. The van der Waals surface area contributed by atoms with Crippen molar-refractivity contribution < 1.29 is 9.90 Å². The molecule has 1 aromatic rings. The number of nitrogens with zero attached hydrogens (tertiary/aromatic N) is 2. The summed E-state index contributed by atoms with van der Waals surface area (Å²) in [5, 5.41) is 9.32. The van der Waals surface area contributed by atoms with Crippen molar-refractivity contribution >= 4 is 21.8 Å². The Morgan fingerprint density at radius 2 is 2.40 bits per heavy atom. The zero-order valence-electron chi connectivity index (χ0n) is 8.06. The second-order valence-corrected chi connectivity index (χ2v) is 4.38. The van der Waals surface area contributed by atoms with Gasteiger partial charge in [-0.2, -0.15) is 0 Å². The number of β-amino-alcohol motifs (C(OH)–C–C–N with tert-alkyl or cyclic N) is 1. The van der Waals surface area contributed by atoms with Gasteiger partial charge in [0, 0.05) is 19.3 Å². The van der Waals surface area contributed by atoms with Gasteiger partial charge in [0.2, 0.25) is 0 Å². The molecule has 2 heterocycles. The molecule has 1 aromatic heterocycles. The van der Waals surface area contributed by atoms with Gasteiger partial charge >= 0.3 is 0 Å². The zero-order valence-corrected chi connectivity index (χ0v) is 9.64. The Labute approximate surface area is 96.1 Å². The predicted octanol–water partition coefficient (Wildman–Crippen LogP) is 1.05. The summed E-state index contributed by atoms with van der Waals surface area (Å²) in [6.45, 7) is 1.05. The molecule has 1 aliphatic heterocycles. The van der Waals surface area contributed by atoms with E-state index in [-0.39, 0.29) is 12.0 Å². The van der Waals surface area contributed by atoms with Crippen LogP contribution in [0.4, 0.5) is 0 Å². The fourth-order valence-electron chi connectivity index (χ4n) is 1.61. The van der Waals surface area contributed by atoms with Gasteiger partial charge in [0.1, 0.15) is 4.60 Å². The van der Waals surface area contributed by atoms with Crippen LogP contribution in [0.3, 0.4) is 0 Å². The summed E-state index contributed by atoms with van der Waals surface area (Å²) >= 11 is 3.21. The van der Waals surface area contributed by atoms with Crippen LogP contribution in [0.1, 0.15) is 16.8 Å². The fraction of sp³-hybridized carbons (Fsp3) is 0.400. The molecule has 1 amide bonds. The van der Waals surface area contributed by atoms with Crippen molar-refractivity contribution in [2.45, 2.75) is 12.5 Å². The van der Waals surface area contributed by atoms with Gasteiger partial charge in [-0.05, 0) is 34.5 Å². The second-order valence-electron chi connectivity index (χ2n) is 3.56.